The molecule has 1 aliphatic rings. The fourth-order valence-electron chi connectivity index (χ4n) is 1.48. The number of alkyl halides is 1. The minimum Gasteiger partial charge on any atom is -0.469 e. The van der Waals surface area contributed by atoms with Gasteiger partial charge in [0.05, 0.1) is 13.0 Å². The van der Waals surface area contributed by atoms with Crippen LogP contribution in [0.1, 0.15) is 12.8 Å². The van der Waals surface area contributed by atoms with Crippen LogP contribution >= 0.6 is 15.9 Å². The van der Waals surface area contributed by atoms with Crippen LogP contribution < -0.4 is 0 Å². The summed E-state index contributed by atoms with van der Waals surface area (Å²) >= 11 is 3.41. The monoisotopic (exact) mass is 232 g/mol. The maximum atomic E-state index is 11.3. The number of hydrogen-bond acceptors (Lipinski definition) is 2. The summed E-state index contributed by atoms with van der Waals surface area (Å²) in [7, 11) is 1.45. The molecule has 2 atom stereocenters. The minimum absolute atomic E-state index is 0.0550. The molecule has 12 heavy (non-hydrogen) atoms. The Balaban J connectivity index is 2.60. The van der Waals surface area contributed by atoms with Gasteiger partial charge >= 0.3 is 5.97 Å². The summed E-state index contributed by atoms with van der Waals surface area (Å²) in [5.41, 5.74) is 0. The van der Waals surface area contributed by atoms with E-state index in [0.29, 0.717) is 5.92 Å². The lowest BCUT2D eigenvalue weighted by atomic mass is 9.84. The van der Waals surface area contributed by atoms with Gasteiger partial charge in [-0.05, 0) is 18.8 Å². The van der Waals surface area contributed by atoms with Gasteiger partial charge in [0.1, 0.15) is 0 Å². The van der Waals surface area contributed by atoms with Gasteiger partial charge in [0.2, 0.25) is 0 Å². The van der Waals surface area contributed by atoms with E-state index in [4.69, 9.17) is 4.74 Å². The molecule has 0 unspecified atom stereocenters. The molecule has 0 fully saturated rings. The highest BCUT2D eigenvalue weighted by atomic mass is 79.9. The zero-order chi connectivity index (χ0) is 8.97. The van der Waals surface area contributed by atoms with Crippen LogP contribution in [0, 0.1) is 11.8 Å². The van der Waals surface area contributed by atoms with Crippen molar-refractivity contribution < 1.29 is 9.53 Å². The first-order valence-electron chi connectivity index (χ1n) is 4.08. The van der Waals surface area contributed by atoms with Gasteiger partial charge in [-0.1, -0.05) is 28.1 Å². The molecule has 0 bridgehead atoms. The van der Waals surface area contributed by atoms with Crippen LogP contribution in [0.3, 0.4) is 0 Å². The van der Waals surface area contributed by atoms with Crippen LogP contribution in [0.5, 0.6) is 0 Å². The van der Waals surface area contributed by atoms with Crippen molar-refractivity contribution in [2.24, 2.45) is 11.8 Å². The van der Waals surface area contributed by atoms with Gasteiger partial charge in [-0.2, -0.15) is 0 Å². The Morgan fingerprint density at radius 2 is 2.25 bits per heavy atom. The van der Waals surface area contributed by atoms with Crippen LogP contribution in [-0.4, -0.2) is 18.4 Å². The number of carbonyl (C=O) groups excluding carboxylic acids is 1. The second-order valence-corrected chi connectivity index (χ2v) is 3.63. The molecule has 1 rings (SSSR count). The molecule has 0 aromatic rings. The maximum absolute atomic E-state index is 11.3. The van der Waals surface area contributed by atoms with E-state index < -0.39 is 0 Å². The van der Waals surface area contributed by atoms with E-state index in [2.05, 4.69) is 28.1 Å². The van der Waals surface area contributed by atoms with Crippen molar-refractivity contribution in [3.63, 3.8) is 0 Å². The first-order chi connectivity index (χ1) is 5.79. The van der Waals surface area contributed by atoms with Crippen LogP contribution in [0.2, 0.25) is 0 Å². The number of ether oxygens (including phenoxy) is 1. The molecule has 0 radical (unpaired) electrons. The third-order valence-corrected chi connectivity index (χ3v) is 3.10. The lowest BCUT2D eigenvalue weighted by molar-refractivity contribution is -0.147. The van der Waals surface area contributed by atoms with Crippen LogP contribution in [0.15, 0.2) is 12.2 Å². The molecule has 0 N–H and O–H groups in total. The molecule has 0 amide bonds. The molecule has 3 heteroatoms. The average molecular weight is 233 g/mol. The van der Waals surface area contributed by atoms with E-state index in [1.165, 1.54) is 7.11 Å². The van der Waals surface area contributed by atoms with Crippen molar-refractivity contribution in [3.05, 3.63) is 12.2 Å². The van der Waals surface area contributed by atoms with Crippen LogP contribution in [0.25, 0.3) is 0 Å². The van der Waals surface area contributed by atoms with Gasteiger partial charge in [-0.25, -0.2) is 0 Å². The van der Waals surface area contributed by atoms with Gasteiger partial charge in [0.25, 0.3) is 0 Å². The number of methoxy groups -OCH3 is 1. The summed E-state index contributed by atoms with van der Waals surface area (Å²) in [6.45, 7) is 0. The fraction of sp³-hybridized carbons (Fsp3) is 0.667. The lowest BCUT2D eigenvalue weighted by Crippen LogP contribution is -2.27. The molecule has 0 aliphatic heterocycles. The summed E-state index contributed by atoms with van der Waals surface area (Å²) in [5.74, 6) is 0.380. The summed E-state index contributed by atoms with van der Waals surface area (Å²) in [6.07, 6.45) is 5.99. The third-order valence-electron chi connectivity index (χ3n) is 2.27. The van der Waals surface area contributed by atoms with Crippen molar-refractivity contribution >= 4 is 21.9 Å². The quantitative estimate of drug-likeness (QED) is 0.415. The Hall–Kier alpha value is -0.310. The predicted molar refractivity (Wildman–Crippen MR) is 51.2 cm³/mol. The highest BCUT2D eigenvalue weighted by Gasteiger charge is 2.28. The number of halogens is 1. The molecule has 0 aromatic heterocycles. The fourth-order valence-corrected chi connectivity index (χ4v) is 2.20. The molecule has 0 heterocycles. The Bertz CT molecular complexity index is 189. The standard InChI is InChI=1S/C9H13BrO2/c1-12-9(11)8-5-3-2-4-7(8)6-10/h2-3,7-8H,4-6H2,1H3/t7-,8+/m1/s1. The highest BCUT2D eigenvalue weighted by molar-refractivity contribution is 9.09. The molecule has 0 saturated heterocycles. The van der Waals surface area contributed by atoms with Gasteiger partial charge < -0.3 is 4.74 Å². The van der Waals surface area contributed by atoms with Crippen LogP contribution in [0.4, 0.5) is 0 Å². The molecule has 1 aliphatic carbocycles. The van der Waals surface area contributed by atoms with E-state index in [-0.39, 0.29) is 11.9 Å². The predicted octanol–water partition coefficient (Wildman–Crippen LogP) is 2.14. The number of esters is 1. The van der Waals surface area contributed by atoms with Gasteiger partial charge in [0.15, 0.2) is 0 Å². The molecule has 68 valence electrons. The Kier molecular flexibility index (Phi) is 3.79. The second kappa shape index (κ2) is 4.65. The van der Waals surface area contributed by atoms with Crippen molar-refractivity contribution in [3.8, 4) is 0 Å². The van der Waals surface area contributed by atoms with Gasteiger partial charge in [0, 0.05) is 5.33 Å². The lowest BCUT2D eigenvalue weighted by Gasteiger charge is -2.24. The van der Waals surface area contributed by atoms with E-state index in [1.807, 2.05) is 0 Å². The van der Waals surface area contributed by atoms with Crippen molar-refractivity contribution in [1.82, 2.24) is 0 Å². The molecule has 0 saturated carbocycles. The van der Waals surface area contributed by atoms with Crippen LogP contribution in [-0.2, 0) is 9.53 Å². The largest absolute Gasteiger partial charge is 0.469 e. The third kappa shape index (κ3) is 2.09. The number of hydrogen-bond donors (Lipinski definition) is 0. The molecule has 0 spiro atoms. The molecular formula is C9H13BrO2. The zero-order valence-corrected chi connectivity index (χ0v) is 8.71. The summed E-state index contributed by atoms with van der Waals surface area (Å²) < 4.78 is 4.73. The molecule has 2 nitrogen and oxygen atoms in total. The van der Waals surface area contributed by atoms with Gasteiger partial charge in [-0.15, -0.1) is 0 Å². The molecule has 0 aromatic carbocycles. The topological polar surface area (TPSA) is 26.3 Å². The second-order valence-electron chi connectivity index (χ2n) is 2.99. The van der Waals surface area contributed by atoms with E-state index in [0.717, 1.165) is 18.2 Å². The SMILES string of the molecule is COC(=O)[C@H]1CC=CC[C@@H]1CBr. The van der Waals surface area contributed by atoms with Crippen molar-refractivity contribution in [1.29, 1.82) is 0 Å². The summed E-state index contributed by atoms with van der Waals surface area (Å²) in [4.78, 5) is 11.3. The van der Waals surface area contributed by atoms with Gasteiger partial charge in [-0.3, -0.25) is 4.79 Å². The molecular weight excluding hydrogens is 220 g/mol. The van der Waals surface area contributed by atoms with E-state index >= 15 is 0 Å². The number of allylic oxidation sites excluding steroid dienone is 2. The first-order valence-corrected chi connectivity index (χ1v) is 5.20. The number of rotatable bonds is 2. The smallest absolute Gasteiger partial charge is 0.309 e. The van der Waals surface area contributed by atoms with Crippen molar-refractivity contribution in [2.75, 3.05) is 12.4 Å². The summed E-state index contributed by atoms with van der Waals surface area (Å²) in [6, 6.07) is 0. The highest BCUT2D eigenvalue weighted by Crippen LogP contribution is 2.27. The Morgan fingerprint density at radius 3 is 2.83 bits per heavy atom. The normalized spacial score (nSPS) is 28.5. The minimum atomic E-state index is -0.0798. The Morgan fingerprint density at radius 1 is 1.58 bits per heavy atom. The summed E-state index contributed by atoms with van der Waals surface area (Å²) in [5, 5.41) is 0.872. The van der Waals surface area contributed by atoms with Crippen molar-refractivity contribution in [2.45, 2.75) is 12.8 Å². The first kappa shape index (κ1) is 9.78. The zero-order valence-electron chi connectivity index (χ0n) is 7.13. The van der Waals surface area contributed by atoms with E-state index in [9.17, 15) is 4.79 Å². The average Bonchev–Trinajstić information content (AvgIpc) is 2.16. The van der Waals surface area contributed by atoms with E-state index in [1.54, 1.807) is 0 Å². The maximum Gasteiger partial charge on any atom is 0.309 e. The Labute approximate surface area is 81.1 Å². The number of carbonyl (C=O) groups is 1.